The van der Waals surface area contributed by atoms with Crippen LogP contribution in [0.1, 0.15) is 49.7 Å². The lowest BCUT2D eigenvalue weighted by Gasteiger charge is -2.40. The predicted octanol–water partition coefficient (Wildman–Crippen LogP) is 3.01. The number of hydrogen-bond donors (Lipinski definition) is 2. The van der Waals surface area contributed by atoms with Gasteiger partial charge in [0.05, 0.1) is 0 Å². The Balaban J connectivity index is 1.55. The molecule has 0 spiro atoms. The van der Waals surface area contributed by atoms with Gasteiger partial charge in [0.15, 0.2) is 0 Å². The Morgan fingerprint density at radius 1 is 1.11 bits per heavy atom. The highest BCUT2D eigenvalue weighted by molar-refractivity contribution is 5.90. The van der Waals surface area contributed by atoms with E-state index in [1.165, 1.54) is 17.5 Å². The summed E-state index contributed by atoms with van der Waals surface area (Å²) in [4.78, 5) is 27.4. The largest absolute Gasteiger partial charge is 0.371 e. The van der Waals surface area contributed by atoms with E-state index in [-0.39, 0.29) is 11.8 Å². The Morgan fingerprint density at radius 2 is 1.85 bits per heavy atom. The van der Waals surface area contributed by atoms with Gasteiger partial charge in [-0.15, -0.1) is 0 Å². The fraction of sp³-hybridized carbons (Fsp3) is 0.636. The van der Waals surface area contributed by atoms with Gasteiger partial charge in [-0.3, -0.25) is 9.59 Å². The molecule has 2 heterocycles. The van der Waals surface area contributed by atoms with Gasteiger partial charge in [-0.05, 0) is 61.8 Å². The number of carbonyl (C=O) groups excluding carboxylic acids is 2. The summed E-state index contributed by atoms with van der Waals surface area (Å²) in [7, 11) is 0. The van der Waals surface area contributed by atoms with E-state index in [1.54, 1.807) is 0 Å². The average Bonchev–Trinajstić information content (AvgIpc) is 3.08. The van der Waals surface area contributed by atoms with Crippen LogP contribution in [-0.4, -0.2) is 41.9 Å². The van der Waals surface area contributed by atoms with Gasteiger partial charge in [0, 0.05) is 31.7 Å². The quantitative estimate of drug-likeness (QED) is 0.861. The van der Waals surface area contributed by atoms with Crippen LogP contribution in [0, 0.1) is 25.7 Å². The number of anilines is 1. The van der Waals surface area contributed by atoms with Gasteiger partial charge in [0.25, 0.3) is 0 Å². The summed E-state index contributed by atoms with van der Waals surface area (Å²) < 4.78 is 0. The summed E-state index contributed by atoms with van der Waals surface area (Å²) in [5, 5.41) is 6.62. The maximum atomic E-state index is 13.7. The van der Waals surface area contributed by atoms with Crippen LogP contribution in [0.2, 0.25) is 0 Å². The first kappa shape index (κ1) is 18.3. The molecule has 2 aliphatic heterocycles. The van der Waals surface area contributed by atoms with Gasteiger partial charge in [0.1, 0.15) is 5.54 Å². The number of rotatable bonds is 3. The van der Waals surface area contributed by atoms with Gasteiger partial charge in [-0.1, -0.05) is 25.3 Å². The van der Waals surface area contributed by atoms with Crippen molar-refractivity contribution in [3.8, 4) is 0 Å². The second-order valence-corrected chi connectivity index (χ2v) is 8.81. The number of nitrogens with one attached hydrogen (secondary N) is 2. The molecular formula is C22H31N3O2. The lowest BCUT2D eigenvalue weighted by Crippen LogP contribution is -2.54. The van der Waals surface area contributed by atoms with Crippen molar-refractivity contribution in [3.63, 3.8) is 0 Å². The van der Waals surface area contributed by atoms with E-state index in [0.717, 1.165) is 44.5 Å². The van der Waals surface area contributed by atoms with Gasteiger partial charge >= 0.3 is 0 Å². The summed E-state index contributed by atoms with van der Waals surface area (Å²) in [6, 6.07) is 6.38. The smallest absolute Gasteiger partial charge is 0.248 e. The molecule has 1 aromatic rings. The normalized spacial score (nSPS) is 27.0. The Hall–Kier alpha value is -2.04. The van der Waals surface area contributed by atoms with Crippen molar-refractivity contribution in [1.82, 2.24) is 10.2 Å². The Morgan fingerprint density at radius 3 is 2.59 bits per heavy atom. The van der Waals surface area contributed by atoms with E-state index in [2.05, 4.69) is 42.7 Å². The van der Waals surface area contributed by atoms with Crippen molar-refractivity contribution in [2.75, 3.05) is 25.0 Å². The highest BCUT2D eigenvalue weighted by atomic mass is 16.2. The van der Waals surface area contributed by atoms with Crippen LogP contribution in [0.15, 0.2) is 18.2 Å². The molecule has 2 N–H and O–H groups in total. The monoisotopic (exact) mass is 369 g/mol. The topological polar surface area (TPSA) is 61.4 Å². The van der Waals surface area contributed by atoms with Crippen molar-refractivity contribution in [2.45, 2.75) is 57.9 Å². The lowest BCUT2D eigenvalue weighted by molar-refractivity contribution is -0.136. The minimum absolute atomic E-state index is 0.131. The van der Waals surface area contributed by atoms with Crippen LogP contribution in [0.4, 0.5) is 5.69 Å². The number of carbonyl (C=O) groups is 2. The van der Waals surface area contributed by atoms with Crippen LogP contribution in [0.25, 0.3) is 0 Å². The average molecular weight is 370 g/mol. The van der Waals surface area contributed by atoms with E-state index in [9.17, 15) is 9.59 Å². The van der Waals surface area contributed by atoms with E-state index >= 15 is 0 Å². The standard InChI is InChI=1S/C22H31N3O2/c1-15-6-7-19(10-16(15)2)24-22(8-4-3-5-9-22)21(27)25-13-17-11-20(26)23-12-18(17)14-25/h6-7,10,17-18,24H,3-5,8-9,11-14H2,1-2H3,(H,23,26)/t17-,18+/m1/s1. The van der Waals surface area contributed by atoms with Crippen LogP contribution in [-0.2, 0) is 9.59 Å². The molecule has 146 valence electrons. The summed E-state index contributed by atoms with van der Waals surface area (Å²) in [5.74, 6) is 1.10. The summed E-state index contributed by atoms with van der Waals surface area (Å²) in [5.41, 5.74) is 3.06. The van der Waals surface area contributed by atoms with Crippen LogP contribution in [0.3, 0.4) is 0 Å². The molecule has 2 saturated heterocycles. The summed E-state index contributed by atoms with van der Waals surface area (Å²) >= 11 is 0. The molecule has 0 radical (unpaired) electrons. The number of benzene rings is 1. The molecule has 1 aromatic carbocycles. The number of piperidine rings is 1. The molecule has 1 aliphatic carbocycles. The molecule has 5 heteroatoms. The van der Waals surface area contributed by atoms with Crippen molar-refractivity contribution in [3.05, 3.63) is 29.3 Å². The van der Waals surface area contributed by atoms with Gasteiger partial charge in [-0.25, -0.2) is 0 Å². The van der Waals surface area contributed by atoms with E-state index < -0.39 is 5.54 Å². The SMILES string of the molecule is Cc1ccc(NC2(C(=O)N3C[C@H]4CC(=O)NC[C@H]4C3)CCCCC2)cc1C. The number of fused-ring (bicyclic) bond motifs is 1. The molecule has 4 rings (SSSR count). The minimum Gasteiger partial charge on any atom is -0.371 e. The molecule has 0 unspecified atom stereocenters. The van der Waals surface area contributed by atoms with E-state index in [0.29, 0.717) is 24.8 Å². The maximum Gasteiger partial charge on any atom is 0.248 e. The third-order valence-electron chi connectivity index (χ3n) is 6.88. The molecule has 0 aromatic heterocycles. The second kappa shape index (κ2) is 7.17. The van der Waals surface area contributed by atoms with Gasteiger partial charge < -0.3 is 15.5 Å². The first-order valence-corrected chi connectivity index (χ1v) is 10.4. The number of likely N-dealkylation sites (tertiary alicyclic amines) is 1. The summed E-state index contributed by atoms with van der Waals surface area (Å²) in [6.45, 7) is 6.45. The molecule has 1 saturated carbocycles. The second-order valence-electron chi connectivity index (χ2n) is 8.81. The van der Waals surface area contributed by atoms with Crippen molar-refractivity contribution < 1.29 is 9.59 Å². The van der Waals surface area contributed by atoms with E-state index in [1.807, 2.05) is 4.90 Å². The number of amides is 2. The zero-order chi connectivity index (χ0) is 19.0. The fourth-order valence-electron chi connectivity index (χ4n) is 5.07. The summed E-state index contributed by atoms with van der Waals surface area (Å²) in [6.07, 6.45) is 5.72. The zero-order valence-corrected chi connectivity index (χ0v) is 16.5. The highest BCUT2D eigenvalue weighted by Gasteiger charge is 2.47. The molecular weight excluding hydrogens is 338 g/mol. The fourth-order valence-corrected chi connectivity index (χ4v) is 5.07. The molecule has 3 aliphatic rings. The Bertz CT molecular complexity index is 739. The van der Waals surface area contributed by atoms with Crippen molar-refractivity contribution in [2.24, 2.45) is 11.8 Å². The Kier molecular flexibility index (Phi) is 4.87. The van der Waals surface area contributed by atoms with Crippen molar-refractivity contribution >= 4 is 17.5 Å². The molecule has 27 heavy (non-hydrogen) atoms. The number of nitrogens with zero attached hydrogens (tertiary/aromatic N) is 1. The van der Waals surface area contributed by atoms with Crippen molar-refractivity contribution in [1.29, 1.82) is 0 Å². The minimum atomic E-state index is -0.495. The molecule has 5 nitrogen and oxygen atoms in total. The van der Waals surface area contributed by atoms with Crippen LogP contribution < -0.4 is 10.6 Å². The zero-order valence-electron chi connectivity index (χ0n) is 16.5. The highest BCUT2D eigenvalue weighted by Crippen LogP contribution is 2.37. The first-order valence-electron chi connectivity index (χ1n) is 10.4. The van der Waals surface area contributed by atoms with Crippen LogP contribution in [0.5, 0.6) is 0 Å². The number of hydrogen-bond acceptors (Lipinski definition) is 3. The predicted molar refractivity (Wildman–Crippen MR) is 107 cm³/mol. The van der Waals surface area contributed by atoms with Gasteiger partial charge in [0.2, 0.25) is 11.8 Å². The Labute approximate surface area is 161 Å². The lowest BCUT2D eigenvalue weighted by atomic mass is 9.80. The molecule has 2 amide bonds. The first-order chi connectivity index (χ1) is 13.0. The molecule has 2 atom stereocenters. The third kappa shape index (κ3) is 3.56. The number of aryl methyl sites for hydroxylation is 2. The van der Waals surface area contributed by atoms with Gasteiger partial charge in [-0.2, -0.15) is 0 Å². The molecule has 3 fully saturated rings. The van der Waals surface area contributed by atoms with Crippen LogP contribution >= 0.6 is 0 Å². The molecule has 0 bridgehead atoms. The maximum absolute atomic E-state index is 13.7. The van der Waals surface area contributed by atoms with E-state index in [4.69, 9.17) is 0 Å². The third-order valence-corrected chi connectivity index (χ3v) is 6.88.